The Bertz CT molecular complexity index is 326. The van der Waals surface area contributed by atoms with E-state index < -0.39 is 0 Å². The quantitative estimate of drug-likeness (QED) is 0.678. The van der Waals surface area contributed by atoms with Crippen molar-refractivity contribution in [2.75, 3.05) is 41.3 Å². The van der Waals surface area contributed by atoms with Crippen molar-refractivity contribution in [3.05, 3.63) is 0 Å². The predicted molar refractivity (Wildman–Crippen MR) is 91.7 cm³/mol. The van der Waals surface area contributed by atoms with Crippen molar-refractivity contribution >= 4 is 11.9 Å². The number of carbonyl (C=O) groups excluding carboxylic acids is 2. The van der Waals surface area contributed by atoms with Gasteiger partial charge in [-0.2, -0.15) is 0 Å². The van der Waals surface area contributed by atoms with Crippen LogP contribution in [-0.4, -0.2) is 63.0 Å². The highest BCUT2D eigenvalue weighted by molar-refractivity contribution is 5.77. The molecule has 0 radical (unpaired) electrons. The van der Waals surface area contributed by atoms with E-state index in [4.69, 9.17) is 4.74 Å². The standard InChI is InChI=1S/C10H21NO2.C7H15NO/c1-6-10(2,3)9(12)13-8-7-11(4)5;1-5-6(2)7(9)8(3)4/h6-8H2,1-5H3;6H,5H2,1-4H3. The average molecular weight is 316 g/mol. The number of hydrogen-bond acceptors (Lipinski definition) is 4. The Morgan fingerprint density at radius 3 is 1.86 bits per heavy atom. The lowest BCUT2D eigenvalue weighted by molar-refractivity contribution is -0.154. The molecular weight excluding hydrogens is 280 g/mol. The molecule has 0 aromatic carbocycles. The fraction of sp³-hybridized carbons (Fsp3) is 0.882. The molecule has 0 aliphatic rings. The van der Waals surface area contributed by atoms with Crippen LogP contribution >= 0.6 is 0 Å². The summed E-state index contributed by atoms with van der Waals surface area (Å²) in [6.07, 6.45) is 1.74. The van der Waals surface area contributed by atoms with Crippen LogP contribution in [0.4, 0.5) is 0 Å². The predicted octanol–water partition coefficient (Wildman–Crippen LogP) is 2.65. The molecule has 5 nitrogen and oxygen atoms in total. The molecule has 0 saturated heterocycles. The van der Waals surface area contributed by atoms with E-state index in [9.17, 15) is 9.59 Å². The second kappa shape index (κ2) is 11.5. The fourth-order valence-electron chi connectivity index (χ4n) is 1.28. The highest BCUT2D eigenvalue weighted by Gasteiger charge is 2.26. The van der Waals surface area contributed by atoms with E-state index in [1.807, 2.05) is 53.6 Å². The van der Waals surface area contributed by atoms with Gasteiger partial charge in [0.2, 0.25) is 5.91 Å². The van der Waals surface area contributed by atoms with Gasteiger partial charge in [0.1, 0.15) is 6.61 Å². The maximum Gasteiger partial charge on any atom is 0.311 e. The molecule has 1 atom stereocenters. The van der Waals surface area contributed by atoms with Crippen LogP contribution in [0.25, 0.3) is 0 Å². The Balaban J connectivity index is 0. The zero-order valence-electron chi connectivity index (χ0n) is 16.0. The summed E-state index contributed by atoms with van der Waals surface area (Å²) in [6.45, 7) is 11.0. The number of carbonyl (C=O) groups is 2. The Morgan fingerprint density at radius 2 is 1.59 bits per heavy atom. The van der Waals surface area contributed by atoms with Gasteiger partial charge in [-0.05, 0) is 40.8 Å². The van der Waals surface area contributed by atoms with Gasteiger partial charge in [-0.15, -0.1) is 0 Å². The van der Waals surface area contributed by atoms with Gasteiger partial charge in [0.15, 0.2) is 0 Å². The molecular formula is C17H36N2O3. The van der Waals surface area contributed by atoms with Crippen LogP contribution in [-0.2, 0) is 14.3 Å². The van der Waals surface area contributed by atoms with E-state index in [0.29, 0.717) is 6.61 Å². The summed E-state index contributed by atoms with van der Waals surface area (Å²) < 4.78 is 5.13. The van der Waals surface area contributed by atoms with Crippen LogP contribution in [0, 0.1) is 11.3 Å². The van der Waals surface area contributed by atoms with Gasteiger partial charge in [0.25, 0.3) is 0 Å². The van der Waals surface area contributed by atoms with Gasteiger partial charge in [0, 0.05) is 26.6 Å². The highest BCUT2D eigenvalue weighted by Crippen LogP contribution is 2.21. The topological polar surface area (TPSA) is 49.9 Å². The minimum absolute atomic E-state index is 0.100. The van der Waals surface area contributed by atoms with Crippen molar-refractivity contribution in [3.8, 4) is 0 Å². The zero-order valence-corrected chi connectivity index (χ0v) is 16.0. The van der Waals surface area contributed by atoms with E-state index in [-0.39, 0.29) is 23.2 Å². The van der Waals surface area contributed by atoms with Crippen LogP contribution in [0.15, 0.2) is 0 Å². The van der Waals surface area contributed by atoms with Crippen molar-refractivity contribution in [1.82, 2.24) is 9.80 Å². The smallest absolute Gasteiger partial charge is 0.311 e. The van der Waals surface area contributed by atoms with Crippen LogP contribution in [0.3, 0.4) is 0 Å². The lowest BCUT2D eigenvalue weighted by Crippen LogP contribution is -2.28. The summed E-state index contributed by atoms with van der Waals surface area (Å²) in [5, 5.41) is 0. The normalized spacial score (nSPS) is 12.3. The molecule has 0 saturated carbocycles. The Labute approximate surface area is 137 Å². The molecule has 0 aromatic heterocycles. The van der Waals surface area contributed by atoms with Crippen LogP contribution in [0.1, 0.15) is 47.5 Å². The minimum Gasteiger partial charge on any atom is -0.464 e. The molecule has 0 spiro atoms. The molecule has 0 fully saturated rings. The number of ether oxygens (including phenoxy) is 1. The van der Waals surface area contributed by atoms with Crippen LogP contribution < -0.4 is 0 Å². The number of hydrogen-bond donors (Lipinski definition) is 0. The maximum absolute atomic E-state index is 11.4. The number of likely N-dealkylation sites (N-methyl/N-ethyl adjacent to an activating group) is 1. The summed E-state index contributed by atoms with van der Waals surface area (Å²) in [5.41, 5.74) is -0.341. The van der Waals surface area contributed by atoms with Crippen molar-refractivity contribution < 1.29 is 14.3 Å². The third kappa shape index (κ3) is 10.6. The lowest BCUT2D eigenvalue weighted by Gasteiger charge is -2.20. The van der Waals surface area contributed by atoms with Crippen molar-refractivity contribution in [2.45, 2.75) is 47.5 Å². The molecule has 0 bridgehead atoms. The van der Waals surface area contributed by atoms with Gasteiger partial charge in [0.05, 0.1) is 5.41 Å². The summed E-state index contributed by atoms with van der Waals surface area (Å²) in [7, 11) is 7.49. The Morgan fingerprint density at radius 1 is 1.09 bits per heavy atom. The van der Waals surface area contributed by atoms with E-state index >= 15 is 0 Å². The Hall–Kier alpha value is -1.10. The van der Waals surface area contributed by atoms with E-state index in [1.54, 1.807) is 19.0 Å². The van der Waals surface area contributed by atoms with Crippen molar-refractivity contribution in [3.63, 3.8) is 0 Å². The number of esters is 1. The summed E-state index contributed by atoms with van der Waals surface area (Å²) in [4.78, 5) is 26.1. The van der Waals surface area contributed by atoms with Gasteiger partial charge >= 0.3 is 5.97 Å². The number of nitrogens with zero attached hydrogens (tertiary/aromatic N) is 2. The molecule has 0 heterocycles. The lowest BCUT2D eigenvalue weighted by atomic mass is 9.91. The molecule has 0 aliphatic carbocycles. The monoisotopic (exact) mass is 316 g/mol. The molecule has 22 heavy (non-hydrogen) atoms. The maximum atomic E-state index is 11.4. The SMILES string of the molecule is CCC(C)(C)C(=O)OCCN(C)C.CCC(C)C(=O)N(C)C. The van der Waals surface area contributed by atoms with Gasteiger partial charge in [-0.1, -0.05) is 20.8 Å². The molecule has 0 aromatic rings. The van der Waals surface area contributed by atoms with Gasteiger partial charge < -0.3 is 14.5 Å². The first-order chi connectivity index (χ1) is 9.99. The molecule has 5 heteroatoms. The third-order valence-electron chi connectivity index (χ3n) is 3.68. The second-order valence-corrected chi connectivity index (χ2v) is 6.72. The molecule has 0 aliphatic heterocycles. The van der Waals surface area contributed by atoms with Gasteiger partial charge in [-0.25, -0.2) is 0 Å². The summed E-state index contributed by atoms with van der Waals surface area (Å²) in [5.74, 6) is 0.300. The summed E-state index contributed by atoms with van der Waals surface area (Å²) in [6, 6.07) is 0. The highest BCUT2D eigenvalue weighted by atomic mass is 16.5. The largest absolute Gasteiger partial charge is 0.464 e. The third-order valence-corrected chi connectivity index (χ3v) is 3.68. The van der Waals surface area contributed by atoms with Gasteiger partial charge in [-0.3, -0.25) is 9.59 Å². The molecule has 0 rings (SSSR count). The molecule has 1 unspecified atom stereocenters. The average Bonchev–Trinajstić information content (AvgIpc) is 2.45. The summed E-state index contributed by atoms with van der Waals surface area (Å²) >= 11 is 0. The first-order valence-corrected chi connectivity index (χ1v) is 8.02. The van der Waals surface area contributed by atoms with Crippen LogP contribution in [0.2, 0.25) is 0 Å². The zero-order chi connectivity index (χ0) is 17.9. The first-order valence-electron chi connectivity index (χ1n) is 8.02. The van der Waals surface area contributed by atoms with Crippen LogP contribution in [0.5, 0.6) is 0 Å². The number of rotatable bonds is 7. The van der Waals surface area contributed by atoms with Crippen molar-refractivity contribution in [1.29, 1.82) is 0 Å². The molecule has 132 valence electrons. The Kier molecular flexibility index (Phi) is 12.1. The van der Waals surface area contributed by atoms with E-state index in [1.165, 1.54) is 0 Å². The molecule has 0 N–H and O–H groups in total. The van der Waals surface area contributed by atoms with E-state index in [0.717, 1.165) is 19.4 Å². The number of amides is 1. The fourth-order valence-corrected chi connectivity index (χ4v) is 1.28. The second-order valence-electron chi connectivity index (χ2n) is 6.72. The first kappa shape index (κ1) is 23.2. The van der Waals surface area contributed by atoms with Crippen molar-refractivity contribution in [2.24, 2.45) is 11.3 Å². The minimum atomic E-state index is -0.341. The molecule has 1 amide bonds. The van der Waals surface area contributed by atoms with E-state index in [2.05, 4.69) is 0 Å².